The van der Waals surface area contributed by atoms with Crippen molar-refractivity contribution in [1.29, 1.82) is 0 Å². The monoisotopic (exact) mass is 401 g/mol. The molecule has 1 fully saturated rings. The van der Waals surface area contributed by atoms with Gasteiger partial charge in [-0.2, -0.15) is 0 Å². The summed E-state index contributed by atoms with van der Waals surface area (Å²) in [4.78, 5) is 14.5. The minimum atomic E-state index is -0.698. The number of benzene rings is 2. The molecule has 2 aromatic carbocycles. The zero-order valence-electron chi connectivity index (χ0n) is 15.2. The molecular weight excluding hydrogens is 384 g/mol. The summed E-state index contributed by atoms with van der Waals surface area (Å²) in [5, 5.41) is 12.3. The molecular formula is C19H17F2N5O3. The van der Waals surface area contributed by atoms with E-state index in [1.165, 1.54) is 0 Å². The third-order valence-corrected chi connectivity index (χ3v) is 4.29. The fraction of sp³-hybridized carbons (Fsp3) is 0.211. The molecule has 0 unspecified atom stereocenters. The van der Waals surface area contributed by atoms with Crippen molar-refractivity contribution in [1.82, 2.24) is 10.2 Å². The highest BCUT2D eigenvalue weighted by Crippen LogP contribution is 2.22. The van der Waals surface area contributed by atoms with E-state index in [1.807, 2.05) is 12.1 Å². The van der Waals surface area contributed by atoms with Crippen LogP contribution in [0, 0.1) is 11.6 Å². The third-order valence-electron chi connectivity index (χ3n) is 4.29. The van der Waals surface area contributed by atoms with E-state index in [0.29, 0.717) is 18.9 Å². The molecule has 0 atom stereocenters. The van der Waals surface area contributed by atoms with Crippen molar-refractivity contribution in [2.75, 3.05) is 41.8 Å². The van der Waals surface area contributed by atoms with Crippen molar-refractivity contribution in [3.05, 3.63) is 60.0 Å². The molecule has 0 radical (unpaired) electrons. The smallest absolute Gasteiger partial charge is 0.320 e. The van der Waals surface area contributed by atoms with Gasteiger partial charge in [0.15, 0.2) is 0 Å². The molecule has 0 saturated carbocycles. The SMILES string of the molecule is O=C(Nc1ccc(N2CCOCC2)cc1)c1nnc(Nc2cc(F)ccc2F)o1. The van der Waals surface area contributed by atoms with E-state index in [2.05, 4.69) is 25.7 Å². The minimum absolute atomic E-state index is 0.181. The molecule has 4 rings (SSSR count). The number of anilines is 4. The van der Waals surface area contributed by atoms with Gasteiger partial charge in [0.2, 0.25) is 0 Å². The average molecular weight is 401 g/mol. The van der Waals surface area contributed by atoms with Crippen molar-refractivity contribution >= 4 is 29.0 Å². The lowest BCUT2D eigenvalue weighted by atomic mass is 10.2. The van der Waals surface area contributed by atoms with E-state index in [4.69, 9.17) is 9.15 Å². The van der Waals surface area contributed by atoms with Gasteiger partial charge in [0.25, 0.3) is 0 Å². The van der Waals surface area contributed by atoms with Crippen LogP contribution in [0.25, 0.3) is 0 Å². The lowest BCUT2D eigenvalue weighted by Crippen LogP contribution is -2.36. The first-order valence-electron chi connectivity index (χ1n) is 8.88. The fourth-order valence-electron chi connectivity index (χ4n) is 2.84. The predicted molar refractivity (Wildman–Crippen MR) is 101 cm³/mol. The summed E-state index contributed by atoms with van der Waals surface area (Å²) in [6.07, 6.45) is 0. The summed E-state index contributed by atoms with van der Waals surface area (Å²) >= 11 is 0. The maximum absolute atomic E-state index is 13.7. The lowest BCUT2D eigenvalue weighted by molar-refractivity contribution is 0.0991. The van der Waals surface area contributed by atoms with Crippen LogP contribution in [-0.4, -0.2) is 42.4 Å². The average Bonchev–Trinajstić information content (AvgIpc) is 3.21. The summed E-state index contributed by atoms with van der Waals surface area (Å²) in [6.45, 7) is 3.00. The van der Waals surface area contributed by atoms with Crippen molar-refractivity contribution in [3.63, 3.8) is 0 Å². The Morgan fingerprint density at radius 3 is 2.55 bits per heavy atom. The van der Waals surface area contributed by atoms with Gasteiger partial charge in [-0.15, -0.1) is 5.10 Å². The normalized spacial score (nSPS) is 13.9. The first kappa shape index (κ1) is 18.8. The van der Waals surface area contributed by atoms with Gasteiger partial charge in [0, 0.05) is 30.5 Å². The molecule has 8 nitrogen and oxygen atoms in total. The molecule has 1 saturated heterocycles. The van der Waals surface area contributed by atoms with Crippen LogP contribution < -0.4 is 15.5 Å². The maximum Gasteiger partial charge on any atom is 0.320 e. The van der Waals surface area contributed by atoms with Crippen LogP contribution in [0.3, 0.4) is 0 Å². The summed E-state index contributed by atoms with van der Waals surface area (Å²) in [5.41, 5.74) is 1.41. The number of aromatic nitrogens is 2. The van der Waals surface area contributed by atoms with Gasteiger partial charge >= 0.3 is 17.8 Å². The van der Waals surface area contributed by atoms with Gasteiger partial charge < -0.3 is 24.7 Å². The van der Waals surface area contributed by atoms with Gasteiger partial charge in [-0.1, -0.05) is 5.10 Å². The lowest BCUT2D eigenvalue weighted by Gasteiger charge is -2.28. The highest BCUT2D eigenvalue weighted by molar-refractivity contribution is 6.01. The minimum Gasteiger partial charge on any atom is -0.399 e. The second kappa shape index (κ2) is 8.23. The molecule has 150 valence electrons. The van der Waals surface area contributed by atoms with Crippen molar-refractivity contribution in [3.8, 4) is 0 Å². The first-order valence-corrected chi connectivity index (χ1v) is 8.88. The van der Waals surface area contributed by atoms with E-state index in [9.17, 15) is 13.6 Å². The number of nitrogens with one attached hydrogen (secondary N) is 2. The number of nitrogens with zero attached hydrogens (tertiary/aromatic N) is 3. The van der Waals surface area contributed by atoms with Gasteiger partial charge in [0.1, 0.15) is 11.6 Å². The summed E-state index contributed by atoms with van der Waals surface area (Å²) in [6, 6.07) is 9.97. The third kappa shape index (κ3) is 4.49. The first-order chi connectivity index (χ1) is 14.1. The van der Waals surface area contributed by atoms with Gasteiger partial charge in [-0.05, 0) is 36.4 Å². The van der Waals surface area contributed by atoms with E-state index in [0.717, 1.165) is 37.0 Å². The second-order valence-electron chi connectivity index (χ2n) is 6.26. The number of hydrogen-bond acceptors (Lipinski definition) is 7. The highest BCUT2D eigenvalue weighted by atomic mass is 19.1. The Labute approximate surface area is 164 Å². The summed E-state index contributed by atoms with van der Waals surface area (Å²) < 4.78 is 37.4. The Bertz CT molecular complexity index is 1000. The fourth-order valence-corrected chi connectivity index (χ4v) is 2.84. The van der Waals surface area contributed by atoms with Crippen LogP contribution in [0.1, 0.15) is 10.7 Å². The molecule has 0 spiro atoms. The van der Waals surface area contributed by atoms with Crippen LogP contribution in [0.5, 0.6) is 0 Å². The zero-order valence-corrected chi connectivity index (χ0v) is 15.2. The Balaban J connectivity index is 1.39. The van der Waals surface area contributed by atoms with Gasteiger partial charge in [-0.3, -0.25) is 4.79 Å². The van der Waals surface area contributed by atoms with Crippen molar-refractivity contribution < 1.29 is 22.7 Å². The van der Waals surface area contributed by atoms with E-state index >= 15 is 0 Å². The predicted octanol–water partition coefficient (Wildman–Crippen LogP) is 3.18. The van der Waals surface area contributed by atoms with Crippen LogP contribution in [0.2, 0.25) is 0 Å². The quantitative estimate of drug-likeness (QED) is 0.678. The van der Waals surface area contributed by atoms with Crippen LogP contribution in [-0.2, 0) is 4.74 Å². The van der Waals surface area contributed by atoms with E-state index in [-0.39, 0.29) is 17.6 Å². The van der Waals surface area contributed by atoms with Gasteiger partial charge in [-0.25, -0.2) is 8.78 Å². The largest absolute Gasteiger partial charge is 0.399 e. The molecule has 29 heavy (non-hydrogen) atoms. The van der Waals surface area contributed by atoms with Crippen molar-refractivity contribution in [2.24, 2.45) is 0 Å². The number of ether oxygens (including phenoxy) is 1. The standard InChI is InChI=1S/C19H17F2N5O3/c20-12-1-6-15(21)16(11-12)23-19-25-24-18(29-19)17(27)22-13-2-4-14(5-3-13)26-7-9-28-10-8-26/h1-6,11H,7-10H2,(H,22,27)(H,23,25). The molecule has 3 aromatic rings. The Hall–Kier alpha value is -3.53. The number of amides is 1. The number of carbonyl (C=O) groups excluding carboxylic acids is 1. The van der Waals surface area contributed by atoms with Crippen LogP contribution in [0.15, 0.2) is 46.9 Å². The van der Waals surface area contributed by atoms with E-state index in [1.54, 1.807) is 12.1 Å². The molecule has 0 aliphatic carbocycles. The highest BCUT2D eigenvalue weighted by Gasteiger charge is 2.17. The Kier molecular flexibility index (Phi) is 5.34. The van der Waals surface area contributed by atoms with Crippen LogP contribution >= 0.6 is 0 Å². The molecule has 1 aromatic heterocycles. The van der Waals surface area contributed by atoms with E-state index < -0.39 is 17.5 Å². The Morgan fingerprint density at radius 2 is 1.79 bits per heavy atom. The number of rotatable bonds is 5. The molecule has 1 aliphatic heterocycles. The topological polar surface area (TPSA) is 92.5 Å². The summed E-state index contributed by atoms with van der Waals surface area (Å²) in [7, 11) is 0. The van der Waals surface area contributed by atoms with Gasteiger partial charge in [0.05, 0.1) is 18.9 Å². The number of hydrogen-bond donors (Lipinski definition) is 2. The molecule has 1 amide bonds. The molecule has 2 heterocycles. The summed E-state index contributed by atoms with van der Waals surface area (Å²) in [5.74, 6) is -2.27. The number of morpholine rings is 1. The number of halogens is 2. The number of carbonyl (C=O) groups is 1. The van der Waals surface area contributed by atoms with Crippen molar-refractivity contribution in [2.45, 2.75) is 0 Å². The molecule has 1 aliphatic rings. The molecule has 2 N–H and O–H groups in total. The zero-order chi connectivity index (χ0) is 20.2. The Morgan fingerprint density at radius 1 is 1.03 bits per heavy atom. The molecule has 0 bridgehead atoms. The molecule has 10 heteroatoms. The maximum atomic E-state index is 13.7. The second-order valence-corrected chi connectivity index (χ2v) is 6.26. The van der Waals surface area contributed by atoms with Crippen LogP contribution in [0.4, 0.5) is 31.9 Å².